The molecule has 0 saturated heterocycles. The first-order valence-corrected chi connectivity index (χ1v) is 9.26. The predicted octanol–water partition coefficient (Wildman–Crippen LogP) is 3.85. The van der Waals surface area contributed by atoms with Gasteiger partial charge < -0.3 is 18.5 Å². The van der Waals surface area contributed by atoms with Gasteiger partial charge in [-0.25, -0.2) is 0 Å². The molecule has 4 aromatic rings. The van der Waals surface area contributed by atoms with Gasteiger partial charge in [-0.1, -0.05) is 35.6 Å². The molecule has 0 fully saturated rings. The van der Waals surface area contributed by atoms with Crippen molar-refractivity contribution >= 4 is 38.4 Å². The summed E-state index contributed by atoms with van der Waals surface area (Å²) in [6, 6.07) is 15.2. The van der Waals surface area contributed by atoms with E-state index in [0.29, 0.717) is 29.3 Å². The number of hydrogen-bond donors (Lipinski definition) is 0. The van der Waals surface area contributed by atoms with E-state index >= 15 is 0 Å². The fraction of sp³-hybridized carbons (Fsp3) is 0.200. The molecule has 27 heavy (non-hydrogen) atoms. The summed E-state index contributed by atoms with van der Waals surface area (Å²) in [5.41, 5.74) is 1.57. The second-order valence-electron chi connectivity index (χ2n) is 5.90. The van der Waals surface area contributed by atoms with Crippen LogP contribution in [0.5, 0.6) is 5.75 Å². The van der Waals surface area contributed by atoms with Crippen molar-refractivity contribution in [3.8, 4) is 5.75 Å². The molecule has 0 saturated carbocycles. The van der Waals surface area contributed by atoms with Gasteiger partial charge in [-0.15, -0.1) is 0 Å². The molecule has 0 radical (unpaired) electrons. The number of benzene rings is 2. The van der Waals surface area contributed by atoms with Crippen LogP contribution < -0.4 is 9.54 Å². The summed E-state index contributed by atoms with van der Waals surface area (Å²) in [6.45, 7) is 1.14. The first-order chi connectivity index (χ1) is 13.2. The Bertz CT molecular complexity index is 1190. The molecule has 0 aliphatic heterocycles. The Hall–Kier alpha value is -2.90. The Morgan fingerprint density at radius 1 is 1.19 bits per heavy atom. The minimum Gasteiger partial charge on any atom is -0.493 e. The molecule has 2 aromatic heterocycles. The van der Waals surface area contributed by atoms with Crippen LogP contribution in [0.4, 0.5) is 0 Å². The van der Waals surface area contributed by atoms with Crippen LogP contribution in [0.25, 0.3) is 21.2 Å². The van der Waals surface area contributed by atoms with Crippen LogP contribution in [0.2, 0.25) is 0 Å². The molecule has 4 rings (SSSR count). The zero-order chi connectivity index (χ0) is 18.8. The van der Waals surface area contributed by atoms with Crippen molar-refractivity contribution in [1.29, 1.82) is 0 Å². The maximum atomic E-state index is 12.7. The quantitative estimate of drug-likeness (QED) is 0.526. The Balaban J connectivity index is 1.80. The fourth-order valence-electron chi connectivity index (χ4n) is 2.95. The molecular weight excluding hydrogens is 364 g/mol. The average molecular weight is 382 g/mol. The highest BCUT2D eigenvalue weighted by Crippen LogP contribution is 2.28. The number of aromatic nitrogens is 1. The van der Waals surface area contributed by atoms with Gasteiger partial charge in [0.05, 0.1) is 23.9 Å². The van der Waals surface area contributed by atoms with Crippen LogP contribution in [0, 0.1) is 0 Å². The number of furan rings is 1. The van der Waals surface area contributed by atoms with E-state index in [9.17, 15) is 4.79 Å². The van der Waals surface area contributed by atoms with E-state index in [1.165, 1.54) is 11.3 Å². The lowest BCUT2D eigenvalue weighted by atomic mass is 10.2. The molecule has 0 aliphatic carbocycles. The number of ether oxygens (including phenoxy) is 2. The fourth-order valence-corrected chi connectivity index (χ4v) is 4.00. The van der Waals surface area contributed by atoms with Crippen LogP contribution >= 0.6 is 11.3 Å². The topological polar surface area (TPSA) is 66.0 Å². The van der Waals surface area contributed by atoms with Crippen molar-refractivity contribution in [3.05, 3.63) is 59.1 Å². The van der Waals surface area contributed by atoms with Crippen LogP contribution in [-0.2, 0) is 11.3 Å². The minimum absolute atomic E-state index is 0.185. The summed E-state index contributed by atoms with van der Waals surface area (Å²) in [7, 11) is 3.22. The molecule has 0 unspecified atom stereocenters. The van der Waals surface area contributed by atoms with Crippen LogP contribution in [-0.4, -0.2) is 31.3 Å². The largest absolute Gasteiger partial charge is 0.493 e. The summed E-state index contributed by atoms with van der Waals surface area (Å²) in [6.07, 6.45) is 0. The number of rotatable bonds is 5. The second kappa shape index (κ2) is 7.38. The number of amides is 1. The zero-order valence-corrected chi connectivity index (χ0v) is 15.8. The van der Waals surface area contributed by atoms with Gasteiger partial charge in [0, 0.05) is 19.0 Å². The number of hydrogen-bond acceptors (Lipinski definition) is 5. The van der Waals surface area contributed by atoms with Gasteiger partial charge in [0.1, 0.15) is 0 Å². The van der Waals surface area contributed by atoms with Crippen molar-refractivity contribution in [2.45, 2.75) is 6.54 Å². The van der Waals surface area contributed by atoms with E-state index in [-0.39, 0.29) is 5.76 Å². The van der Waals surface area contributed by atoms with E-state index in [1.54, 1.807) is 26.4 Å². The van der Waals surface area contributed by atoms with Crippen molar-refractivity contribution in [3.63, 3.8) is 0 Å². The van der Waals surface area contributed by atoms with Gasteiger partial charge in [-0.3, -0.25) is 4.79 Å². The lowest BCUT2D eigenvalue weighted by molar-refractivity contribution is 0.0973. The average Bonchev–Trinajstić information content (AvgIpc) is 3.27. The molecule has 6 nitrogen and oxygen atoms in total. The molecule has 7 heteroatoms. The highest BCUT2D eigenvalue weighted by atomic mass is 32.1. The third kappa shape index (κ3) is 3.27. The standard InChI is InChI=1S/C20H18N2O4S/c1-24-11-10-22-14-7-3-4-9-17(14)27-20(22)21-19(23)16-12-13-6-5-8-15(25-2)18(13)26-16/h3-9,12H,10-11H2,1-2H3. The lowest BCUT2D eigenvalue weighted by Crippen LogP contribution is -2.19. The smallest absolute Gasteiger partial charge is 0.315 e. The van der Waals surface area contributed by atoms with Crippen LogP contribution in [0.15, 0.2) is 57.9 Å². The van der Waals surface area contributed by atoms with Crippen LogP contribution in [0.3, 0.4) is 0 Å². The minimum atomic E-state index is -0.425. The maximum absolute atomic E-state index is 12.7. The lowest BCUT2D eigenvalue weighted by Gasteiger charge is -2.03. The molecule has 2 aromatic carbocycles. The number of methoxy groups -OCH3 is 2. The third-order valence-electron chi connectivity index (χ3n) is 4.24. The van der Waals surface area contributed by atoms with E-state index in [2.05, 4.69) is 4.99 Å². The number of nitrogens with zero attached hydrogens (tertiary/aromatic N) is 2. The van der Waals surface area contributed by atoms with Gasteiger partial charge in [-0.2, -0.15) is 4.99 Å². The first-order valence-electron chi connectivity index (χ1n) is 8.44. The Morgan fingerprint density at radius 2 is 2.04 bits per heavy atom. The van der Waals surface area contributed by atoms with Crippen molar-refractivity contribution < 1.29 is 18.7 Å². The molecule has 0 atom stereocenters. The van der Waals surface area contributed by atoms with Gasteiger partial charge in [-0.05, 0) is 24.3 Å². The predicted molar refractivity (Wildman–Crippen MR) is 104 cm³/mol. The Labute approximate surface area is 159 Å². The van der Waals surface area contributed by atoms with Gasteiger partial charge >= 0.3 is 5.91 Å². The normalized spacial score (nSPS) is 12.1. The molecule has 1 amide bonds. The third-order valence-corrected chi connectivity index (χ3v) is 5.30. The number of para-hydroxylation sites is 2. The number of carbonyl (C=O) groups is 1. The van der Waals surface area contributed by atoms with Crippen molar-refractivity contribution in [2.75, 3.05) is 20.8 Å². The molecule has 138 valence electrons. The van der Waals surface area contributed by atoms with Crippen molar-refractivity contribution in [2.24, 2.45) is 4.99 Å². The van der Waals surface area contributed by atoms with Crippen molar-refractivity contribution in [1.82, 2.24) is 4.57 Å². The van der Waals surface area contributed by atoms with Gasteiger partial charge in [0.25, 0.3) is 0 Å². The summed E-state index contributed by atoms with van der Waals surface area (Å²) in [5, 5.41) is 0.802. The summed E-state index contributed by atoms with van der Waals surface area (Å²) < 4.78 is 19.3. The van der Waals surface area contributed by atoms with Gasteiger partial charge in [0.15, 0.2) is 21.9 Å². The maximum Gasteiger partial charge on any atom is 0.315 e. The molecule has 0 spiro atoms. The highest BCUT2D eigenvalue weighted by molar-refractivity contribution is 7.16. The van der Waals surface area contributed by atoms with E-state index < -0.39 is 5.91 Å². The molecule has 0 bridgehead atoms. The van der Waals surface area contributed by atoms with E-state index in [4.69, 9.17) is 13.9 Å². The Morgan fingerprint density at radius 3 is 2.85 bits per heavy atom. The number of fused-ring (bicyclic) bond motifs is 2. The molecule has 0 N–H and O–H groups in total. The Kier molecular flexibility index (Phi) is 4.79. The summed E-state index contributed by atoms with van der Waals surface area (Å²) >= 11 is 1.47. The highest BCUT2D eigenvalue weighted by Gasteiger charge is 2.15. The summed E-state index contributed by atoms with van der Waals surface area (Å²) in [5.74, 6) is 0.347. The molecule has 2 heterocycles. The SMILES string of the molecule is COCCn1c(=NC(=O)c2cc3cccc(OC)c3o2)sc2ccccc21. The second-order valence-corrected chi connectivity index (χ2v) is 6.91. The molecule has 0 aliphatic rings. The number of carbonyl (C=O) groups excluding carboxylic acids is 1. The van der Waals surface area contributed by atoms with Crippen LogP contribution in [0.1, 0.15) is 10.6 Å². The first kappa shape index (κ1) is 17.5. The summed E-state index contributed by atoms with van der Waals surface area (Å²) in [4.78, 5) is 17.7. The number of thiazole rings is 1. The monoisotopic (exact) mass is 382 g/mol. The van der Waals surface area contributed by atoms with E-state index in [1.807, 2.05) is 41.0 Å². The van der Waals surface area contributed by atoms with Gasteiger partial charge in [0.2, 0.25) is 0 Å². The molecular formula is C20H18N2O4S. The van der Waals surface area contributed by atoms with E-state index in [0.717, 1.165) is 15.6 Å². The zero-order valence-electron chi connectivity index (χ0n) is 15.0.